The van der Waals surface area contributed by atoms with E-state index in [0.717, 1.165) is 26.7 Å². The zero-order chi connectivity index (χ0) is 15.4. The van der Waals surface area contributed by atoms with Crippen LogP contribution < -0.4 is 0 Å². The van der Waals surface area contributed by atoms with Crippen molar-refractivity contribution in [2.45, 2.75) is 44.2 Å². The summed E-state index contributed by atoms with van der Waals surface area (Å²) in [7, 11) is 3.82. The van der Waals surface area contributed by atoms with Crippen molar-refractivity contribution in [2.75, 3.05) is 5.75 Å². The van der Waals surface area contributed by atoms with Crippen LogP contribution in [0.5, 0.6) is 0 Å². The number of H-pyrrole nitrogens is 1. The predicted octanol–water partition coefficient (Wildman–Crippen LogP) is 4.76. The van der Waals surface area contributed by atoms with Gasteiger partial charge in [0.25, 0.3) is 0 Å². The Morgan fingerprint density at radius 1 is 1.10 bits per heavy atom. The standard InChI is InChI=1S/C14H22N4S3/c1-4-5-6-7-8-9-21-13-15-10-11(16-13)17(2)14(20)18(3)12(10)19/h4-9H2,1-3H3,(H,15,16). The molecule has 4 nitrogen and oxygen atoms in total. The number of aromatic nitrogens is 4. The van der Waals surface area contributed by atoms with Crippen LogP contribution in [0.4, 0.5) is 0 Å². The van der Waals surface area contributed by atoms with Crippen LogP contribution in [0, 0.1) is 9.41 Å². The number of aryl methyl sites for hydroxylation is 1. The molecule has 2 rings (SSSR count). The molecule has 2 heterocycles. The molecule has 0 aliphatic carbocycles. The highest BCUT2D eigenvalue weighted by Gasteiger charge is 2.10. The van der Waals surface area contributed by atoms with Crippen LogP contribution in [0.3, 0.4) is 0 Å². The highest BCUT2D eigenvalue weighted by Crippen LogP contribution is 2.21. The summed E-state index contributed by atoms with van der Waals surface area (Å²) in [4.78, 5) is 7.97. The van der Waals surface area contributed by atoms with Gasteiger partial charge in [0.2, 0.25) is 0 Å². The first-order chi connectivity index (χ1) is 10.1. The molecule has 0 aromatic carbocycles. The van der Waals surface area contributed by atoms with Crippen molar-refractivity contribution in [1.29, 1.82) is 0 Å². The third kappa shape index (κ3) is 3.76. The Morgan fingerprint density at radius 3 is 2.52 bits per heavy atom. The van der Waals surface area contributed by atoms with E-state index in [2.05, 4.69) is 16.9 Å². The molecule has 0 saturated heterocycles. The van der Waals surface area contributed by atoms with E-state index >= 15 is 0 Å². The Labute approximate surface area is 140 Å². The highest BCUT2D eigenvalue weighted by molar-refractivity contribution is 7.99. The molecule has 2 aromatic rings. The smallest absolute Gasteiger partial charge is 0.182 e. The third-order valence-corrected chi connectivity index (χ3v) is 5.55. The molecule has 1 N–H and O–H groups in total. The second kappa shape index (κ2) is 7.56. The molecule has 0 aliphatic heterocycles. The number of hydrogen-bond donors (Lipinski definition) is 1. The molecule has 0 unspecified atom stereocenters. The zero-order valence-corrected chi connectivity index (χ0v) is 15.3. The summed E-state index contributed by atoms with van der Waals surface area (Å²) in [5, 5.41) is 0.933. The van der Waals surface area contributed by atoms with Gasteiger partial charge in [0, 0.05) is 19.8 Å². The summed E-state index contributed by atoms with van der Waals surface area (Å²) in [5.74, 6) is 1.09. The Hall–Kier alpha value is -0.660. The van der Waals surface area contributed by atoms with Crippen LogP contribution in [-0.2, 0) is 14.1 Å². The maximum absolute atomic E-state index is 5.44. The van der Waals surface area contributed by atoms with E-state index in [0.29, 0.717) is 4.77 Å². The zero-order valence-electron chi connectivity index (χ0n) is 12.8. The SMILES string of the molecule is CCCCCCCSc1nc2c([nH]1)c(=S)n(C)c(=S)n2C. The van der Waals surface area contributed by atoms with Crippen LogP contribution >= 0.6 is 36.2 Å². The van der Waals surface area contributed by atoms with Gasteiger partial charge in [-0.15, -0.1) is 0 Å². The summed E-state index contributed by atoms with van der Waals surface area (Å²) < 4.78 is 5.15. The number of rotatable bonds is 7. The summed E-state index contributed by atoms with van der Waals surface area (Å²) in [6.07, 6.45) is 6.48. The van der Waals surface area contributed by atoms with Gasteiger partial charge >= 0.3 is 0 Å². The fourth-order valence-corrected chi connectivity index (χ4v) is 3.58. The van der Waals surface area contributed by atoms with Crippen molar-refractivity contribution in [3.8, 4) is 0 Å². The molecular formula is C14H22N4S3. The minimum atomic E-state index is 0.690. The van der Waals surface area contributed by atoms with Crippen LogP contribution in [-0.4, -0.2) is 24.9 Å². The molecule has 2 aromatic heterocycles. The number of imidazole rings is 1. The molecule has 7 heteroatoms. The van der Waals surface area contributed by atoms with Crippen molar-refractivity contribution in [2.24, 2.45) is 14.1 Å². The maximum atomic E-state index is 5.44. The number of unbranched alkanes of at least 4 members (excludes halogenated alkanes) is 4. The van der Waals surface area contributed by atoms with E-state index in [-0.39, 0.29) is 0 Å². The van der Waals surface area contributed by atoms with Crippen molar-refractivity contribution < 1.29 is 0 Å². The molecule has 0 fully saturated rings. The molecule has 0 bridgehead atoms. The fraction of sp³-hybridized carbons (Fsp3) is 0.643. The molecule has 0 radical (unpaired) electrons. The van der Waals surface area contributed by atoms with Gasteiger partial charge in [-0.25, -0.2) is 4.98 Å². The van der Waals surface area contributed by atoms with Crippen LogP contribution in [0.1, 0.15) is 39.0 Å². The van der Waals surface area contributed by atoms with E-state index in [1.54, 1.807) is 11.8 Å². The molecule has 0 aliphatic rings. The van der Waals surface area contributed by atoms with Crippen molar-refractivity contribution >= 4 is 47.4 Å². The van der Waals surface area contributed by atoms with Gasteiger partial charge in [0.1, 0.15) is 10.2 Å². The third-order valence-electron chi connectivity index (χ3n) is 3.56. The monoisotopic (exact) mass is 342 g/mol. The quantitative estimate of drug-likeness (QED) is 0.447. The predicted molar refractivity (Wildman–Crippen MR) is 95.2 cm³/mol. The van der Waals surface area contributed by atoms with Crippen LogP contribution in [0.25, 0.3) is 11.2 Å². The molecule has 21 heavy (non-hydrogen) atoms. The van der Waals surface area contributed by atoms with Crippen molar-refractivity contribution in [1.82, 2.24) is 19.1 Å². The van der Waals surface area contributed by atoms with Crippen molar-refractivity contribution in [3.63, 3.8) is 0 Å². The molecular weight excluding hydrogens is 320 g/mol. The van der Waals surface area contributed by atoms with Gasteiger partial charge in [-0.1, -0.05) is 56.6 Å². The molecule has 0 spiro atoms. The first kappa shape index (κ1) is 16.7. The second-order valence-electron chi connectivity index (χ2n) is 5.21. The number of hydrogen-bond acceptors (Lipinski definition) is 4. The minimum Gasteiger partial charge on any atom is -0.329 e. The Bertz CT molecular complexity index is 726. The van der Waals surface area contributed by atoms with Crippen LogP contribution in [0.15, 0.2) is 5.16 Å². The lowest BCUT2D eigenvalue weighted by Gasteiger charge is -2.05. The summed E-state index contributed by atoms with van der Waals surface area (Å²) >= 11 is 12.6. The summed E-state index contributed by atoms with van der Waals surface area (Å²) in [5.41, 5.74) is 1.74. The van der Waals surface area contributed by atoms with E-state index in [9.17, 15) is 0 Å². The summed E-state index contributed by atoms with van der Waals surface area (Å²) in [6.45, 7) is 2.24. The van der Waals surface area contributed by atoms with Gasteiger partial charge < -0.3 is 14.1 Å². The second-order valence-corrected chi connectivity index (χ2v) is 7.04. The van der Waals surface area contributed by atoms with E-state index in [1.165, 1.54) is 32.1 Å². The summed E-state index contributed by atoms with van der Waals surface area (Å²) in [6, 6.07) is 0. The number of fused-ring (bicyclic) bond motifs is 1. The maximum Gasteiger partial charge on any atom is 0.182 e. The lowest BCUT2D eigenvalue weighted by molar-refractivity contribution is 0.659. The highest BCUT2D eigenvalue weighted by atomic mass is 32.2. The Kier molecular flexibility index (Phi) is 6.01. The van der Waals surface area contributed by atoms with Crippen LogP contribution in [0.2, 0.25) is 0 Å². The van der Waals surface area contributed by atoms with Gasteiger partial charge in [-0.2, -0.15) is 0 Å². The first-order valence-corrected chi connectivity index (χ1v) is 9.15. The normalized spacial score (nSPS) is 11.4. The number of thioether (sulfide) groups is 1. The van der Waals surface area contributed by atoms with E-state index in [1.807, 2.05) is 23.2 Å². The van der Waals surface area contributed by atoms with Gasteiger partial charge in [0.15, 0.2) is 15.6 Å². The van der Waals surface area contributed by atoms with Gasteiger partial charge in [-0.3, -0.25) is 0 Å². The Balaban J connectivity index is 2.10. The largest absolute Gasteiger partial charge is 0.329 e. The Morgan fingerprint density at radius 2 is 1.81 bits per heavy atom. The number of nitrogens with zero attached hydrogens (tertiary/aromatic N) is 3. The van der Waals surface area contributed by atoms with Gasteiger partial charge in [0.05, 0.1) is 0 Å². The topological polar surface area (TPSA) is 38.5 Å². The van der Waals surface area contributed by atoms with Gasteiger partial charge in [-0.05, 0) is 18.6 Å². The lowest BCUT2D eigenvalue weighted by atomic mass is 10.2. The average molecular weight is 343 g/mol. The molecule has 0 atom stereocenters. The average Bonchev–Trinajstić information content (AvgIpc) is 2.91. The number of nitrogens with one attached hydrogen (secondary N) is 1. The number of aromatic amines is 1. The molecule has 116 valence electrons. The van der Waals surface area contributed by atoms with E-state index in [4.69, 9.17) is 24.4 Å². The minimum absolute atomic E-state index is 0.690. The molecule has 0 amide bonds. The van der Waals surface area contributed by atoms with Crippen molar-refractivity contribution in [3.05, 3.63) is 9.41 Å². The fourth-order valence-electron chi connectivity index (χ4n) is 2.25. The first-order valence-electron chi connectivity index (χ1n) is 7.34. The lowest BCUT2D eigenvalue weighted by Crippen LogP contribution is -2.05. The van der Waals surface area contributed by atoms with E-state index < -0.39 is 0 Å². The molecule has 0 saturated carbocycles.